The average molecular weight is 338 g/mol. The molecule has 0 spiro atoms. The normalized spacial score (nSPS) is 12.7. The molecule has 6 nitrogen and oxygen atoms in total. The molecule has 0 saturated heterocycles. The molecule has 0 radical (unpaired) electrons. The molecule has 0 aliphatic carbocycles. The van der Waals surface area contributed by atoms with Crippen LogP contribution in [0.25, 0.3) is 0 Å². The minimum atomic E-state index is -0.327. The van der Waals surface area contributed by atoms with Crippen molar-refractivity contribution in [3.63, 3.8) is 0 Å². The largest absolute Gasteiger partial charge is 0.459 e. The summed E-state index contributed by atoms with van der Waals surface area (Å²) in [5.41, 5.74) is 6.96. The Morgan fingerprint density at radius 2 is 1.61 bits per heavy atom. The third kappa shape index (κ3) is 5.12. The molecule has 0 aliphatic rings. The first-order chi connectivity index (χ1) is 10.5. The molecule has 0 bridgehead atoms. The summed E-state index contributed by atoms with van der Waals surface area (Å²) in [7, 11) is 0. The number of benzene rings is 1. The van der Waals surface area contributed by atoms with E-state index in [9.17, 15) is 9.59 Å². The maximum Gasteiger partial charge on any atom is 0.291 e. The number of carbonyl (C=O) groups excluding carboxylic acids is 2. The van der Waals surface area contributed by atoms with Crippen LogP contribution in [0, 0.1) is 5.92 Å². The van der Waals surface area contributed by atoms with Crippen molar-refractivity contribution in [2.45, 2.75) is 19.9 Å². The van der Waals surface area contributed by atoms with Crippen molar-refractivity contribution < 1.29 is 14.0 Å². The van der Waals surface area contributed by atoms with Gasteiger partial charge in [0.2, 0.25) is 5.91 Å². The number of hydrogen-bond donors (Lipinski definition) is 3. The predicted molar refractivity (Wildman–Crippen MR) is 91.8 cm³/mol. The minimum Gasteiger partial charge on any atom is -0.459 e. The van der Waals surface area contributed by atoms with Crippen LogP contribution >= 0.6 is 12.4 Å². The standard InChI is InChI=1S/C16H19N3O3.ClH/c1-10(11(2)17)15(20)18-12-5-7-13(8-6-12)19-16(21)14-4-3-9-22-14;/h3-11H,17H2,1-2H3,(H,18,20)(H,19,21);1H. The van der Waals surface area contributed by atoms with Crippen LogP contribution in [0.3, 0.4) is 0 Å². The summed E-state index contributed by atoms with van der Waals surface area (Å²) in [4.78, 5) is 23.7. The highest BCUT2D eigenvalue weighted by molar-refractivity contribution is 6.02. The van der Waals surface area contributed by atoms with Gasteiger partial charge in [-0.1, -0.05) is 6.92 Å². The van der Waals surface area contributed by atoms with E-state index in [0.717, 1.165) is 0 Å². The lowest BCUT2D eigenvalue weighted by atomic mass is 10.0. The van der Waals surface area contributed by atoms with Crippen LogP contribution in [0.2, 0.25) is 0 Å². The van der Waals surface area contributed by atoms with Crippen LogP contribution in [-0.4, -0.2) is 17.9 Å². The summed E-state index contributed by atoms with van der Waals surface area (Å²) in [6.07, 6.45) is 1.44. The van der Waals surface area contributed by atoms with Gasteiger partial charge in [-0.15, -0.1) is 12.4 Å². The SMILES string of the molecule is CC(N)C(C)C(=O)Nc1ccc(NC(=O)c2ccco2)cc1.Cl. The Morgan fingerprint density at radius 1 is 1.04 bits per heavy atom. The lowest BCUT2D eigenvalue weighted by molar-refractivity contribution is -0.119. The van der Waals surface area contributed by atoms with E-state index in [-0.39, 0.29) is 41.9 Å². The molecule has 0 fully saturated rings. The van der Waals surface area contributed by atoms with Crippen molar-refractivity contribution in [3.05, 3.63) is 48.4 Å². The van der Waals surface area contributed by atoms with Gasteiger partial charge >= 0.3 is 0 Å². The van der Waals surface area contributed by atoms with E-state index in [1.54, 1.807) is 50.2 Å². The molecule has 2 rings (SSSR count). The summed E-state index contributed by atoms with van der Waals surface area (Å²) in [5, 5.41) is 5.48. The van der Waals surface area contributed by atoms with Gasteiger partial charge in [0.05, 0.1) is 12.2 Å². The quantitative estimate of drug-likeness (QED) is 0.781. The van der Waals surface area contributed by atoms with Gasteiger partial charge in [-0.25, -0.2) is 0 Å². The van der Waals surface area contributed by atoms with Crippen LogP contribution in [0.4, 0.5) is 11.4 Å². The lowest BCUT2D eigenvalue weighted by Crippen LogP contribution is -2.34. The molecule has 0 saturated carbocycles. The number of carbonyl (C=O) groups is 2. The molecular weight excluding hydrogens is 318 g/mol. The Kier molecular flexibility index (Phi) is 6.81. The zero-order chi connectivity index (χ0) is 16.1. The van der Waals surface area contributed by atoms with E-state index in [0.29, 0.717) is 11.4 Å². The van der Waals surface area contributed by atoms with Crippen molar-refractivity contribution in [2.24, 2.45) is 11.7 Å². The van der Waals surface area contributed by atoms with Gasteiger partial charge in [0.1, 0.15) is 0 Å². The summed E-state index contributed by atoms with van der Waals surface area (Å²) in [6, 6.07) is 9.84. The van der Waals surface area contributed by atoms with Gasteiger partial charge < -0.3 is 20.8 Å². The molecule has 1 heterocycles. The van der Waals surface area contributed by atoms with Gasteiger partial charge in [-0.2, -0.15) is 0 Å². The Balaban J connectivity index is 0.00000264. The van der Waals surface area contributed by atoms with E-state index in [4.69, 9.17) is 10.2 Å². The fourth-order valence-electron chi connectivity index (χ4n) is 1.73. The molecule has 1 aromatic carbocycles. The molecular formula is C16H20ClN3O3. The number of rotatable bonds is 5. The number of anilines is 2. The third-order valence-electron chi connectivity index (χ3n) is 3.36. The maximum absolute atomic E-state index is 11.9. The summed E-state index contributed by atoms with van der Waals surface area (Å²) in [5.74, 6) is -0.504. The first kappa shape index (κ1) is 18.7. The average Bonchev–Trinajstić information content (AvgIpc) is 3.02. The third-order valence-corrected chi connectivity index (χ3v) is 3.36. The summed E-state index contributed by atoms with van der Waals surface area (Å²) >= 11 is 0. The highest BCUT2D eigenvalue weighted by atomic mass is 35.5. The first-order valence-corrected chi connectivity index (χ1v) is 6.98. The number of nitrogens with one attached hydrogen (secondary N) is 2. The van der Waals surface area contributed by atoms with E-state index < -0.39 is 0 Å². The maximum atomic E-state index is 11.9. The van der Waals surface area contributed by atoms with Crippen LogP contribution < -0.4 is 16.4 Å². The van der Waals surface area contributed by atoms with E-state index >= 15 is 0 Å². The van der Waals surface area contributed by atoms with Crippen LogP contribution in [-0.2, 0) is 4.79 Å². The molecule has 2 aromatic rings. The molecule has 2 unspecified atom stereocenters. The Morgan fingerprint density at radius 3 is 2.09 bits per heavy atom. The minimum absolute atomic E-state index is 0. The number of hydrogen-bond acceptors (Lipinski definition) is 4. The van der Waals surface area contributed by atoms with Crippen LogP contribution in [0.15, 0.2) is 47.1 Å². The van der Waals surface area contributed by atoms with Crippen LogP contribution in [0.1, 0.15) is 24.4 Å². The van der Waals surface area contributed by atoms with Crippen molar-refractivity contribution in [1.82, 2.24) is 0 Å². The molecule has 124 valence electrons. The molecule has 2 amide bonds. The predicted octanol–water partition coefficient (Wildman–Crippen LogP) is 2.88. The van der Waals surface area contributed by atoms with Gasteiger partial charge in [0, 0.05) is 17.4 Å². The summed E-state index contributed by atoms with van der Waals surface area (Å²) in [6.45, 7) is 3.56. The Labute approximate surface area is 140 Å². The smallest absolute Gasteiger partial charge is 0.291 e. The fraction of sp³-hybridized carbons (Fsp3) is 0.250. The Hall–Kier alpha value is -2.31. The topological polar surface area (TPSA) is 97.4 Å². The van der Waals surface area contributed by atoms with E-state index in [1.165, 1.54) is 6.26 Å². The second-order valence-corrected chi connectivity index (χ2v) is 5.15. The number of amides is 2. The monoisotopic (exact) mass is 337 g/mol. The molecule has 23 heavy (non-hydrogen) atoms. The van der Waals surface area contributed by atoms with E-state index in [1.807, 2.05) is 0 Å². The van der Waals surface area contributed by atoms with Crippen molar-refractivity contribution in [3.8, 4) is 0 Å². The number of nitrogens with two attached hydrogens (primary N) is 1. The highest BCUT2D eigenvalue weighted by Gasteiger charge is 2.17. The molecule has 0 aliphatic heterocycles. The van der Waals surface area contributed by atoms with Crippen molar-refractivity contribution in [1.29, 1.82) is 0 Å². The van der Waals surface area contributed by atoms with Gasteiger partial charge in [-0.05, 0) is 43.3 Å². The lowest BCUT2D eigenvalue weighted by Gasteiger charge is -2.15. The fourth-order valence-corrected chi connectivity index (χ4v) is 1.73. The molecule has 1 aromatic heterocycles. The summed E-state index contributed by atoms with van der Waals surface area (Å²) < 4.78 is 5.01. The zero-order valence-corrected chi connectivity index (χ0v) is 13.7. The van der Waals surface area contributed by atoms with Gasteiger partial charge in [-0.3, -0.25) is 9.59 Å². The zero-order valence-electron chi connectivity index (χ0n) is 12.9. The molecule has 2 atom stereocenters. The number of halogens is 1. The Bertz CT molecular complexity index is 639. The first-order valence-electron chi connectivity index (χ1n) is 6.98. The van der Waals surface area contributed by atoms with Gasteiger partial charge in [0.15, 0.2) is 5.76 Å². The van der Waals surface area contributed by atoms with E-state index in [2.05, 4.69) is 10.6 Å². The molecule has 7 heteroatoms. The van der Waals surface area contributed by atoms with Crippen molar-refractivity contribution >= 4 is 35.6 Å². The van der Waals surface area contributed by atoms with Crippen molar-refractivity contribution in [2.75, 3.05) is 10.6 Å². The van der Waals surface area contributed by atoms with Gasteiger partial charge in [0.25, 0.3) is 5.91 Å². The second-order valence-electron chi connectivity index (χ2n) is 5.15. The second kappa shape index (κ2) is 8.36. The highest BCUT2D eigenvalue weighted by Crippen LogP contribution is 2.16. The number of furan rings is 1. The van der Waals surface area contributed by atoms with Crippen LogP contribution in [0.5, 0.6) is 0 Å². The molecule has 4 N–H and O–H groups in total.